The highest BCUT2D eigenvalue weighted by Crippen LogP contribution is 2.47. The molecule has 0 aromatic carbocycles. The smallest absolute Gasteiger partial charge is 0.0686 e. The van der Waals surface area contributed by atoms with Crippen LogP contribution >= 0.6 is 0 Å². The van der Waals surface area contributed by atoms with Gasteiger partial charge in [-0.05, 0) is 75.0 Å². The molecule has 1 N–H and O–H groups in total. The van der Waals surface area contributed by atoms with Crippen molar-refractivity contribution in [2.24, 2.45) is 17.3 Å². The molecular formula is C17H30O2. The predicted molar refractivity (Wildman–Crippen MR) is 77.0 cm³/mol. The molecule has 3 fully saturated rings. The summed E-state index contributed by atoms with van der Waals surface area (Å²) >= 11 is 0. The van der Waals surface area contributed by atoms with E-state index in [1.807, 2.05) is 0 Å². The van der Waals surface area contributed by atoms with Gasteiger partial charge < -0.3 is 9.84 Å². The van der Waals surface area contributed by atoms with Gasteiger partial charge in [-0.1, -0.05) is 13.8 Å². The van der Waals surface area contributed by atoms with Crippen molar-refractivity contribution in [3.05, 3.63) is 0 Å². The van der Waals surface area contributed by atoms with Crippen LogP contribution in [0.4, 0.5) is 0 Å². The van der Waals surface area contributed by atoms with Crippen LogP contribution in [0.15, 0.2) is 0 Å². The van der Waals surface area contributed by atoms with Crippen LogP contribution in [0.2, 0.25) is 0 Å². The first kappa shape index (κ1) is 13.9. The third kappa shape index (κ3) is 2.85. The van der Waals surface area contributed by atoms with Gasteiger partial charge in [0.2, 0.25) is 0 Å². The topological polar surface area (TPSA) is 29.5 Å². The van der Waals surface area contributed by atoms with Gasteiger partial charge in [0.15, 0.2) is 0 Å². The average Bonchev–Trinajstić information content (AvgIpc) is 2.36. The number of ether oxygens (including phenoxy) is 1. The Morgan fingerprint density at radius 1 is 1.00 bits per heavy atom. The van der Waals surface area contributed by atoms with Crippen LogP contribution in [0.1, 0.15) is 71.6 Å². The largest absolute Gasteiger partial charge is 0.393 e. The van der Waals surface area contributed by atoms with E-state index >= 15 is 0 Å². The molecule has 1 heterocycles. The molecule has 3 aliphatic rings. The summed E-state index contributed by atoms with van der Waals surface area (Å²) in [6.45, 7) is 5.61. The lowest BCUT2D eigenvalue weighted by Gasteiger charge is -2.49. The maximum absolute atomic E-state index is 10.8. The Labute approximate surface area is 117 Å². The average molecular weight is 266 g/mol. The molecule has 19 heavy (non-hydrogen) atoms. The summed E-state index contributed by atoms with van der Waals surface area (Å²) in [4.78, 5) is 0. The second-order valence-electron chi connectivity index (χ2n) is 8.13. The molecule has 2 nitrogen and oxygen atoms in total. The number of aliphatic hydroxyl groups is 1. The fraction of sp³-hybridized carbons (Fsp3) is 1.00. The third-order valence-electron chi connectivity index (χ3n) is 6.15. The lowest BCUT2D eigenvalue weighted by Crippen LogP contribution is -2.49. The molecule has 0 radical (unpaired) electrons. The summed E-state index contributed by atoms with van der Waals surface area (Å²) < 4.78 is 5.99. The maximum atomic E-state index is 10.8. The Kier molecular flexibility index (Phi) is 3.68. The van der Waals surface area contributed by atoms with Gasteiger partial charge in [0.05, 0.1) is 11.7 Å². The van der Waals surface area contributed by atoms with Gasteiger partial charge in [-0.3, -0.25) is 0 Å². The Balaban J connectivity index is 1.56. The minimum Gasteiger partial charge on any atom is -0.393 e. The third-order valence-corrected chi connectivity index (χ3v) is 6.15. The van der Waals surface area contributed by atoms with Gasteiger partial charge in [0.1, 0.15) is 0 Å². The van der Waals surface area contributed by atoms with E-state index < -0.39 is 0 Å². The minimum atomic E-state index is -0.0718. The minimum absolute atomic E-state index is 0.0718. The lowest BCUT2D eigenvalue weighted by atomic mass is 9.66. The first-order valence-corrected chi connectivity index (χ1v) is 8.32. The van der Waals surface area contributed by atoms with E-state index in [-0.39, 0.29) is 11.7 Å². The summed E-state index contributed by atoms with van der Waals surface area (Å²) in [5.74, 6) is 1.05. The van der Waals surface area contributed by atoms with Crippen LogP contribution in [0.25, 0.3) is 0 Å². The molecule has 1 saturated heterocycles. The molecule has 0 aromatic heterocycles. The van der Waals surface area contributed by atoms with Gasteiger partial charge in [0, 0.05) is 6.61 Å². The molecule has 1 spiro atoms. The monoisotopic (exact) mass is 266 g/mol. The van der Waals surface area contributed by atoms with Crippen molar-refractivity contribution in [2.75, 3.05) is 6.61 Å². The van der Waals surface area contributed by atoms with E-state index in [0.29, 0.717) is 17.3 Å². The molecule has 0 aromatic rings. The predicted octanol–water partition coefficient (Wildman–Crippen LogP) is 3.91. The molecule has 2 saturated carbocycles. The number of rotatable bonds is 2. The van der Waals surface area contributed by atoms with E-state index in [1.165, 1.54) is 44.9 Å². The molecule has 0 amide bonds. The molecular weight excluding hydrogens is 236 g/mol. The standard InChI is InChI=1S/C17H30O2/c1-16(2)9-4-13(5-10-16)15(18)14-6-11-19-17(12-14)7-3-8-17/h13-15,18H,3-12H2,1-2H3. The van der Waals surface area contributed by atoms with Crippen molar-refractivity contribution >= 4 is 0 Å². The van der Waals surface area contributed by atoms with Gasteiger partial charge in [-0.15, -0.1) is 0 Å². The van der Waals surface area contributed by atoms with E-state index in [9.17, 15) is 5.11 Å². The summed E-state index contributed by atoms with van der Waals surface area (Å²) in [5, 5.41) is 10.8. The number of aliphatic hydroxyl groups excluding tert-OH is 1. The highest BCUT2D eigenvalue weighted by Gasteiger charge is 2.45. The van der Waals surface area contributed by atoms with E-state index in [4.69, 9.17) is 4.74 Å². The highest BCUT2D eigenvalue weighted by atomic mass is 16.5. The van der Waals surface area contributed by atoms with Gasteiger partial charge in [-0.25, -0.2) is 0 Å². The summed E-state index contributed by atoms with van der Waals surface area (Å²) in [5.41, 5.74) is 0.679. The zero-order chi connectivity index (χ0) is 13.5. The molecule has 2 aliphatic carbocycles. The Bertz CT molecular complexity index is 309. The Morgan fingerprint density at radius 2 is 1.68 bits per heavy atom. The van der Waals surface area contributed by atoms with E-state index in [2.05, 4.69) is 13.8 Å². The van der Waals surface area contributed by atoms with Crippen LogP contribution in [0, 0.1) is 17.3 Å². The Hall–Kier alpha value is -0.0800. The van der Waals surface area contributed by atoms with Crippen molar-refractivity contribution in [2.45, 2.75) is 83.3 Å². The summed E-state index contributed by atoms with van der Waals surface area (Å²) in [7, 11) is 0. The van der Waals surface area contributed by atoms with Gasteiger partial charge in [0.25, 0.3) is 0 Å². The second kappa shape index (κ2) is 5.04. The van der Waals surface area contributed by atoms with Crippen molar-refractivity contribution in [1.29, 1.82) is 0 Å². The van der Waals surface area contributed by atoms with Crippen LogP contribution in [0.5, 0.6) is 0 Å². The SMILES string of the molecule is CC1(C)CCC(C(O)C2CCOC3(CCC3)C2)CC1. The molecule has 3 rings (SSSR count). The normalized spacial score (nSPS) is 35.8. The molecule has 2 unspecified atom stereocenters. The van der Waals surface area contributed by atoms with Crippen molar-refractivity contribution < 1.29 is 9.84 Å². The molecule has 1 aliphatic heterocycles. The molecule has 0 bridgehead atoms. The number of hydrogen-bond donors (Lipinski definition) is 1. The lowest BCUT2D eigenvalue weighted by molar-refractivity contribution is -0.163. The van der Waals surface area contributed by atoms with Gasteiger partial charge in [-0.2, -0.15) is 0 Å². The van der Waals surface area contributed by atoms with Crippen LogP contribution < -0.4 is 0 Å². The van der Waals surface area contributed by atoms with Gasteiger partial charge >= 0.3 is 0 Å². The van der Waals surface area contributed by atoms with E-state index in [1.54, 1.807) is 0 Å². The van der Waals surface area contributed by atoms with Crippen molar-refractivity contribution in [1.82, 2.24) is 0 Å². The Morgan fingerprint density at radius 3 is 2.26 bits per heavy atom. The van der Waals surface area contributed by atoms with Crippen LogP contribution in [-0.4, -0.2) is 23.4 Å². The van der Waals surface area contributed by atoms with Crippen LogP contribution in [-0.2, 0) is 4.74 Å². The molecule has 2 heteroatoms. The summed E-state index contributed by atoms with van der Waals surface area (Å²) in [6, 6.07) is 0. The van der Waals surface area contributed by atoms with Crippen molar-refractivity contribution in [3.63, 3.8) is 0 Å². The molecule has 2 atom stereocenters. The zero-order valence-electron chi connectivity index (χ0n) is 12.7. The van der Waals surface area contributed by atoms with Crippen molar-refractivity contribution in [3.8, 4) is 0 Å². The number of hydrogen-bond acceptors (Lipinski definition) is 2. The maximum Gasteiger partial charge on any atom is 0.0686 e. The first-order valence-electron chi connectivity index (χ1n) is 8.32. The first-order chi connectivity index (χ1) is 9.00. The second-order valence-corrected chi connectivity index (χ2v) is 8.13. The fourth-order valence-electron chi connectivity index (χ4n) is 4.42. The van der Waals surface area contributed by atoms with Crippen LogP contribution in [0.3, 0.4) is 0 Å². The zero-order valence-corrected chi connectivity index (χ0v) is 12.7. The van der Waals surface area contributed by atoms with E-state index in [0.717, 1.165) is 19.4 Å². The summed E-state index contributed by atoms with van der Waals surface area (Å²) in [6.07, 6.45) is 10.9. The molecule has 110 valence electrons. The highest BCUT2D eigenvalue weighted by molar-refractivity contribution is 4.96. The fourth-order valence-corrected chi connectivity index (χ4v) is 4.42. The quantitative estimate of drug-likeness (QED) is 0.821.